The fourth-order valence-electron chi connectivity index (χ4n) is 2.43. The van der Waals surface area contributed by atoms with Gasteiger partial charge in [-0.15, -0.1) is 0 Å². The molecule has 3 aromatic rings. The third kappa shape index (κ3) is 4.08. The normalized spacial score (nSPS) is 11.8. The Morgan fingerprint density at radius 1 is 0.828 bits per heavy atom. The number of carbonyl (C=O) groups is 2. The van der Waals surface area contributed by atoms with Crippen molar-refractivity contribution >= 4 is 32.8 Å². The Hall–Kier alpha value is -3.37. The van der Waals surface area contributed by atoms with Crippen LogP contribution in [0.5, 0.6) is 11.5 Å². The van der Waals surface area contributed by atoms with Crippen LogP contribution in [0.3, 0.4) is 0 Å². The van der Waals surface area contributed by atoms with Gasteiger partial charge < -0.3 is 9.47 Å². The van der Waals surface area contributed by atoms with Crippen LogP contribution in [0, 0.1) is 0 Å². The van der Waals surface area contributed by atoms with Crippen LogP contribution in [0.25, 0.3) is 10.8 Å². The third-order valence-corrected chi connectivity index (χ3v) is 4.64. The standard InChI is InChI=1S/C19H12F2O7S/c20-19(21,29(24,25)26)18(23)28-16-10-4-3-9-14(16)17(22)27-15-11-5-7-12-6-1-2-8-13(12)15/h1-11H,(H,24,25,26). The van der Waals surface area contributed by atoms with Gasteiger partial charge in [-0.1, -0.05) is 48.5 Å². The fraction of sp³-hybridized carbons (Fsp3) is 0.0526. The van der Waals surface area contributed by atoms with Gasteiger partial charge in [0.05, 0.1) is 0 Å². The number of ether oxygens (including phenoxy) is 2. The molecular formula is C19H12F2O7S. The van der Waals surface area contributed by atoms with Crippen molar-refractivity contribution in [3.63, 3.8) is 0 Å². The monoisotopic (exact) mass is 422 g/mol. The molecule has 0 spiro atoms. The molecule has 3 aromatic carbocycles. The number of rotatable bonds is 5. The molecule has 10 heteroatoms. The first-order valence-corrected chi connectivity index (χ1v) is 9.41. The number of fused-ring (bicyclic) bond motifs is 1. The number of esters is 2. The highest BCUT2D eigenvalue weighted by Crippen LogP contribution is 2.29. The van der Waals surface area contributed by atoms with E-state index in [2.05, 4.69) is 4.74 Å². The summed E-state index contributed by atoms with van der Waals surface area (Å²) >= 11 is 0. The zero-order valence-electron chi connectivity index (χ0n) is 14.4. The van der Waals surface area contributed by atoms with E-state index in [0.29, 0.717) is 5.39 Å². The first kappa shape index (κ1) is 20.4. The average molecular weight is 422 g/mol. The van der Waals surface area contributed by atoms with Crippen LogP contribution in [0.4, 0.5) is 8.78 Å². The van der Waals surface area contributed by atoms with Crippen molar-refractivity contribution in [1.82, 2.24) is 0 Å². The minimum absolute atomic E-state index is 0.178. The highest BCUT2D eigenvalue weighted by atomic mass is 32.2. The molecule has 0 bridgehead atoms. The lowest BCUT2D eigenvalue weighted by atomic mass is 10.1. The van der Waals surface area contributed by atoms with E-state index in [0.717, 1.165) is 17.5 Å². The van der Waals surface area contributed by atoms with E-state index in [-0.39, 0.29) is 5.75 Å². The summed E-state index contributed by atoms with van der Waals surface area (Å²) in [6.45, 7) is 0. The minimum atomic E-state index is -6.05. The van der Waals surface area contributed by atoms with Crippen LogP contribution in [0.2, 0.25) is 0 Å². The van der Waals surface area contributed by atoms with Crippen molar-refractivity contribution in [2.45, 2.75) is 5.25 Å². The molecule has 0 saturated heterocycles. The molecule has 7 nitrogen and oxygen atoms in total. The molecule has 0 aliphatic heterocycles. The molecule has 1 N–H and O–H groups in total. The minimum Gasteiger partial charge on any atom is -0.422 e. The lowest BCUT2D eigenvalue weighted by Gasteiger charge is -2.14. The Balaban J connectivity index is 1.90. The quantitative estimate of drug-likeness (QED) is 0.381. The van der Waals surface area contributed by atoms with Gasteiger partial charge in [-0.25, -0.2) is 9.59 Å². The van der Waals surface area contributed by atoms with Crippen LogP contribution in [-0.2, 0) is 14.9 Å². The van der Waals surface area contributed by atoms with Crippen LogP contribution < -0.4 is 9.47 Å². The van der Waals surface area contributed by atoms with Gasteiger partial charge in [-0.3, -0.25) is 4.55 Å². The van der Waals surface area contributed by atoms with Gasteiger partial charge in [0.15, 0.2) is 0 Å². The molecule has 29 heavy (non-hydrogen) atoms. The number of benzene rings is 3. The lowest BCUT2D eigenvalue weighted by molar-refractivity contribution is -0.151. The van der Waals surface area contributed by atoms with Gasteiger partial charge >= 0.3 is 27.3 Å². The largest absolute Gasteiger partial charge is 0.466 e. The summed E-state index contributed by atoms with van der Waals surface area (Å²) in [5.41, 5.74) is -0.403. The maximum absolute atomic E-state index is 13.4. The van der Waals surface area contributed by atoms with Gasteiger partial charge in [-0.05, 0) is 23.6 Å². The topological polar surface area (TPSA) is 107 Å². The van der Waals surface area contributed by atoms with E-state index in [1.165, 1.54) is 18.2 Å². The van der Waals surface area contributed by atoms with Crippen molar-refractivity contribution in [1.29, 1.82) is 0 Å². The van der Waals surface area contributed by atoms with Crippen molar-refractivity contribution in [3.8, 4) is 11.5 Å². The van der Waals surface area contributed by atoms with Gasteiger partial charge in [0.1, 0.15) is 17.1 Å². The summed E-state index contributed by atoms with van der Waals surface area (Å²) < 4.78 is 66.4. The second-order valence-electron chi connectivity index (χ2n) is 5.74. The molecule has 0 radical (unpaired) electrons. The third-order valence-electron chi connectivity index (χ3n) is 3.82. The first-order valence-electron chi connectivity index (χ1n) is 7.97. The van der Waals surface area contributed by atoms with Gasteiger partial charge in [0.25, 0.3) is 0 Å². The summed E-state index contributed by atoms with van der Waals surface area (Å²) in [6, 6.07) is 16.7. The molecule has 150 valence electrons. The predicted octanol–water partition coefficient (Wildman–Crippen LogP) is 3.45. The average Bonchev–Trinajstić information content (AvgIpc) is 2.67. The molecule has 0 saturated carbocycles. The van der Waals surface area contributed by atoms with E-state index in [9.17, 15) is 26.8 Å². The van der Waals surface area contributed by atoms with Crippen molar-refractivity contribution < 1.29 is 40.8 Å². The van der Waals surface area contributed by atoms with E-state index < -0.39 is 38.6 Å². The maximum Gasteiger partial charge on any atom is 0.466 e. The Kier molecular flexibility index (Phi) is 5.31. The number of hydrogen-bond donors (Lipinski definition) is 1. The second kappa shape index (κ2) is 7.57. The number of hydrogen-bond acceptors (Lipinski definition) is 6. The van der Waals surface area contributed by atoms with Crippen molar-refractivity contribution in [2.24, 2.45) is 0 Å². The van der Waals surface area contributed by atoms with E-state index in [1.807, 2.05) is 0 Å². The number of halogens is 2. The van der Waals surface area contributed by atoms with Gasteiger partial charge in [-0.2, -0.15) is 17.2 Å². The fourth-order valence-corrected chi connectivity index (χ4v) is 2.68. The Morgan fingerprint density at radius 3 is 2.14 bits per heavy atom. The molecule has 0 aliphatic carbocycles. The van der Waals surface area contributed by atoms with Gasteiger partial charge in [0.2, 0.25) is 0 Å². The smallest absolute Gasteiger partial charge is 0.422 e. The van der Waals surface area contributed by atoms with E-state index in [1.54, 1.807) is 36.4 Å². The lowest BCUT2D eigenvalue weighted by Crippen LogP contribution is -2.40. The Labute approximate surface area is 163 Å². The molecule has 0 aromatic heterocycles. The highest BCUT2D eigenvalue weighted by molar-refractivity contribution is 7.87. The summed E-state index contributed by atoms with van der Waals surface area (Å²) in [6.07, 6.45) is 0. The van der Waals surface area contributed by atoms with Crippen molar-refractivity contribution in [2.75, 3.05) is 0 Å². The molecule has 3 rings (SSSR count). The number of para-hydroxylation sites is 1. The summed E-state index contributed by atoms with van der Waals surface area (Å²) in [4.78, 5) is 24.1. The first-order chi connectivity index (χ1) is 13.6. The number of carbonyl (C=O) groups excluding carboxylic acids is 2. The Morgan fingerprint density at radius 2 is 1.41 bits per heavy atom. The molecule has 0 atom stereocenters. The zero-order valence-corrected chi connectivity index (χ0v) is 15.2. The number of alkyl halides is 2. The Bertz CT molecular complexity index is 1200. The van der Waals surface area contributed by atoms with Crippen LogP contribution in [0.15, 0.2) is 66.7 Å². The molecule has 0 fully saturated rings. The molecular weight excluding hydrogens is 410 g/mol. The molecule has 0 aliphatic rings. The summed E-state index contributed by atoms with van der Waals surface area (Å²) in [5, 5.41) is -3.82. The van der Waals surface area contributed by atoms with Gasteiger partial charge in [0, 0.05) is 5.39 Å². The van der Waals surface area contributed by atoms with Crippen LogP contribution in [-0.4, -0.2) is 30.2 Å². The highest BCUT2D eigenvalue weighted by Gasteiger charge is 2.54. The summed E-state index contributed by atoms with van der Waals surface area (Å²) in [5.74, 6) is -4.08. The van der Waals surface area contributed by atoms with Crippen molar-refractivity contribution in [3.05, 3.63) is 72.3 Å². The zero-order chi connectivity index (χ0) is 21.2. The SMILES string of the molecule is O=C(Oc1cccc2ccccc12)c1ccccc1OC(=O)C(F)(F)S(=O)(=O)O. The second-order valence-corrected chi connectivity index (χ2v) is 7.21. The predicted molar refractivity (Wildman–Crippen MR) is 97.5 cm³/mol. The van der Waals surface area contributed by atoms with Crippen LogP contribution in [0.1, 0.15) is 10.4 Å². The van der Waals surface area contributed by atoms with E-state index in [4.69, 9.17) is 9.29 Å². The molecule has 0 heterocycles. The summed E-state index contributed by atoms with van der Waals surface area (Å²) in [7, 11) is -6.05. The molecule has 0 unspecified atom stereocenters. The van der Waals surface area contributed by atoms with Crippen LogP contribution >= 0.6 is 0 Å². The molecule has 0 amide bonds. The maximum atomic E-state index is 13.4. The van der Waals surface area contributed by atoms with E-state index >= 15 is 0 Å².